The molecule has 0 aliphatic carbocycles. The van der Waals surface area contributed by atoms with Gasteiger partial charge in [-0.25, -0.2) is 0 Å². The van der Waals surface area contributed by atoms with Gasteiger partial charge >= 0.3 is 6.36 Å². The zero-order chi connectivity index (χ0) is 14.8. The van der Waals surface area contributed by atoms with Gasteiger partial charge in [0.2, 0.25) is 0 Å². The number of benzene rings is 1. The van der Waals surface area contributed by atoms with Gasteiger partial charge in [-0.1, -0.05) is 30.8 Å². The molecule has 1 aliphatic heterocycles. The van der Waals surface area contributed by atoms with Crippen molar-refractivity contribution in [1.82, 2.24) is 0 Å². The average Bonchev–Trinajstić information content (AvgIpc) is 2.73. The van der Waals surface area contributed by atoms with E-state index in [1.165, 1.54) is 30.0 Å². The van der Waals surface area contributed by atoms with Crippen LogP contribution in [0, 0.1) is 0 Å². The van der Waals surface area contributed by atoms with E-state index in [4.69, 9.17) is 0 Å². The Balaban J connectivity index is 2.16. The topological polar surface area (TPSA) is 33.6 Å². The third-order valence-electron chi connectivity index (χ3n) is 3.01. The molecule has 110 valence electrons. The summed E-state index contributed by atoms with van der Waals surface area (Å²) in [5, 5.41) is 3.53. The minimum absolute atomic E-state index is 0.160. The first-order valence-corrected chi connectivity index (χ1v) is 7.14. The van der Waals surface area contributed by atoms with E-state index in [0.717, 1.165) is 12.2 Å². The lowest BCUT2D eigenvalue weighted by atomic mass is 10.0. The number of nitrogens with zero attached hydrogens (tertiary/aromatic N) is 1. The smallest absolute Gasteiger partial charge is 0.404 e. The number of hydrogen-bond donors (Lipinski definition) is 1. The van der Waals surface area contributed by atoms with Gasteiger partial charge in [0.05, 0.1) is 11.2 Å². The number of rotatable bonds is 3. The van der Waals surface area contributed by atoms with Crippen LogP contribution in [0.1, 0.15) is 20.3 Å². The summed E-state index contributed by atoms with van der Waals surface area (Å²) in [4.78, 5) is 4.50. The molecule has 0 saturated heterocycles. The molecule has 0 aromatic heterocycles. The number of aliphatic imine (C=N–C) groups is 1. The number of anilines is 1. The average molecular weight is 304 g/mol. The van der Waals surface area contributed by atoms with Crippen molar-refractivity contribution < 1.29 is 17.9 Å². The van der Waals surface area contributed by atoms with Crippen molar-refractivity contribution in [3.8, 4) is 5.75 Å². The molecule has 1 unspecified atom stereocenters. The highest BCUT2D eigenvalue weighted by Crippen LogP contribution is 2.34. The summed E-state index contributed by atoms with van der Waals surface area (Å²) in [6, 6.07) is 5.94. The molecule has 0 bridgehead atoms. The number of halogens is 3. The fourth-order valence-electron chi connectivity index (χ4n) is 1.68. The Hall–Kier alpha value is -1.37. The van der Waals surface area contributed by atoms with Crippen molar-refractivity contribution >= 4 is 22.6 Å². The predicted molar refractivity (Wildman–Crippen MR) is 75.3 cm³/mol. The van der Waals surface area contributed by atoms with Gasteiger partial charge < -0.3 is 10.1 Å². The van der Waals surface area contributed by atoms with Crippen LogP contribution in [0.4, 0.5) is 18.9 Å². The second-order valence-electron chi connectivity index (χ2n) is 4.73. The Kier molecular flexibility index (Phi) is 4.17. The fourth-order valence-corrected chi connectivity index (χ4v) is 2.86. The highest BCUT2D eigenvalue weighted by Gasteiger charge is 2.33. The third-order valence-corrected chi connectivity index (χ3v) is 4.24. The molecule has 2 rings (SSSR count). The summed E-state index contributed by atoms with van der Waals surface area (Å²) in [6.45, 7) is 4.06. The molecule has 0 fully saturated rings. The van der Waals surface area contributed by atoms with Crippen LogP contribution >= 0.6 is 11.8 Å². The maximum atomic E-state index is 12.3. The first kappa shape index (κ1) is 15.0. The van der Waals surface area contributed by atoms with Crippen LogP contribution in [0.25, 0.3) is 0 Å². The molecule has 1 heterocycles. The molecular formula is C13H15F3N2OS. The van der Waals surface area contributed by atoms with E-state index in [-0.39, 0.29) is 17.0 Å². The predicted octanol–water partition coefficient (Wildman–Crippen LogP) is 4.27. The van der Waals surface area contributed by atoms with Crippen molar-refractivity contribution in [2.24, 2.45) is 4.99 Å². The Morgan fingerprint density at radius 3 is 2.70 bits per heavy atom. The van der Waals surface area contributed by atoms with E-state index < -0.39 is 6.36 Å². The summed E-state index contributed by atoms with van der Waals surface area (Å²) < 4.78 is 41.0. The van der Waals surface area contributed by atoms with Crippen molar-refractivity contribution in [2.45, 2.75) is 32.2 Å². The number of para-hydroxylation sites is 2. The summed E-state index contributed by atoms with van der Waals surface area (Å²) >= 11 is 1.50. The Labute approximate surface area is 119 Å². The van der Waals surface area contributed by atoms with Gasteiger partial charge in [0.1, 0.15) is 0 Å². The standard InChI is InChI=1S/C13H15F3N2OS/c1-3-12(2)8-20-11(18-12)17-9-6-4-5-7-10(9)19-13(14,15)16/h4-7H,3,8H2,1-2H3,(H,17,18). The van der Waals surface area contributed by atoms with E-state index in [0.29, 0.717) is 5.17 Å². The van der Waals surface area contributed by atoms with Crippen molar-refractivity contribution in [2.75, 3.05) is 11.1 Å². The van der Waals surface area contributed by atoms with Crippen molar-refractivity contribution in [3.05, 3.63) is 24.3 Å². The Morgan fingerprint density at radius 1 is 1.40 bits per heavy atom. The third kappa shape index (κ3) is 3.82. The molecular weight excluding hydrogens is 289 g/mol. The molecule has 0 radical (unpaired) electrons. The van der Waals surface area contributed by atoms with E-state index in [1.807, 2.05) is 13.8 Å². The van der Waals surface area contributed by atoms with Gasteiger partial charge in [-0.05, 0) is 25.5 Å². The summed E-state index contributed by atoms with van der Waals surface area (Å²) in [6.07, 6.45) is -3.83. The van der Waals surface area contributed by atoms with E-state index >= 15 is 0 Å². The number of amidine groups is 1. The molecule has 3 nitrogen and oxygen atoms in total. The van der Waals surface area contributed by atoms with Crippen molar-refractivity contribution in [3.63, 3.8) is 0 Å². The van der Waals surface area contributed by atoms with Gasteiger partial charge in [0, 0.05) is 5.75 Å². The van der Waals surface area contributed by atoms with Gasteiger partial charge in [-0.3, -0.25) is 4.99 Å². The SMILES string of the molecule is CCC1(C)CSC(Nc2ccccc2OC(F)(F)F)=N1. The molecule has 20 heavy (non-hydrogen) atoms. The number of ether oxygens (including phenoxy) is 1. The first-order chi connectivity index (χ1) is 9.31. The van der Waals surface area contributed by atoms with Crippen LogP contribution < -0.4 is 10.1 Å². The van der Waals surface area contributed by atoms with Crippen molar-refractivity contribution in [1.29, 1.82) is 0 Å². The Bertz CT molecular complexity index is 519. The molecule has 7 heteroatoms. The molecule has 1 aliphatic rings. The number of alkyl halides is 3. The second kappa shape index (κ2) is 5.55. The Morgan fingerprint density at radius 2 is 2.10 bits per heavy atom. The number of thioether (sulfide) groups is 1. The van der Waals surface area contributed by atoms with Crippen LogP contribution in [-0.4, -0.2) is 22.8 Å². The summed E-state index contributed by atoms with van der Waals surface area (Å²) in [5.74, 6) is 0.558. The molecule has 1 atom stereocenters. The van der Waals surface area contributed by atoms with Crippen LogP contribution in [-0.2, 0) is 0 Å². The minimum Gasteiger partial charge on any atom is -0.404 e. The van der Waals surface area contributed by atoms with E-state index in [9.17, 15) is 13.2 Å². The molecule has 1 aromatic carbocycles. The van der Waals surface area contributed by atoms with Gasteiger partial charge in [-0.2, -0.15) is 0 Å². The van der Waals surface area contributed by atoms with Gasteiger partial charge in [0.25, 0.3) is 0 Å². The van der Waals surface area contributed by atoms with Crippen LogP contribution in [0.3, 0.4) is 0 Å². The molecule has 0 amide bonds. The molecule has 1 aromatic rings. The zero-order valence-electron chi connectivity index (χ0n) is 11.1. The molecule has 1 N–H and O–H groups in total. The van der Waals surface area contributed by atoms with E-state index in [2.05, 4.69) is 15.0 Å². The van der Waals surface area contributed by atoms with E-state index in [1.54, 1.807) is 6.07 Å². The first-order valence-electron chi connectivity index (χ1n) is 6.16. The lowest BCUT2D eigenvalue weighted by Crippen LogP contribution is -2.20. The minimum atomic E-state index is -4.71. The molecule has 0 spiro atoms. The van der Waals surface area contributed by atoms with Crippen LogP contribution in [0.2, 0.25) is 0 Å². The largest absolute Gasteiger partial charge is 0.573 e. The highest BCUT2D eigenvalue weighted by molar-refractivity contribution is 8.14. The number of hydrogen-bond acceptors (Lipinski definition) is 4. The van der Waals surface area contributed by atoms with Crippen LogP contribution in [0.15, 0.2) is 29.3 Å². The maximum absolute atomic E-state index is 12.3. The maximum Gasteiger partial charge on any atom is 0.573 e. The lowest BCUT2D eigenvalue weighted by Gasteiger charge is -2.15. The monoisotopic (exact) mass is 304 g/mol. The van der Waals surface area contributed by atoms with Gasteiger partial charge in [-0.15, -0.1) is 13.2 Å². The highest BCUT2D eigenvalue weighted by atomic mass is 32.2. The lowest BCUT2D eigenvalue weighted by molar-refractivity contribution is -0.274. The van der Waals surface area contributed by atoms with Crippen LogP contribution in [0.5, 0.6) is 5.75 Å². The molecule has 0 saturated carbocycles. The second-order valence-corrected chi connectivity index (χ2v) is 5.69. The fraction of sp³-hybridized carbons (Fsp3) is 0.462. The number of nitrogens with one attached hydrogen (secondary N) is 1. The normalized spacial score (nSPS) is 22.6. The van der Waals surface area contributed by atoms with Gasteiger partial charge in [0.15, 0.2) is 10.9 Å². The quantitative estimate of drug-likeness (QED) is 0.905. The summed E-state index contributed by atoms with van der Waals surface area (Å²) in [5.41, 5.74) is 0.101. The summed E-state index contributed by atoms with van der Waals surface area (Å²) in [7, 11) is 0. The zero-order valence-corrected chi connectivity index (χ0v) is 11.9.